The minimum atomic E-state index is -0.452. The SMILES string of the molecule is Cc1ncc(C2CCCN(C(=O)OC(C)(C)C)C2)o1. The van der Waals surface area contributed by atoms with Crippen LogP contribution in [0, 0.1) is 6.92 Å². The monoisotopic (exact) mass is 266 g/mol. The van der Waals surface area contributed by atoms with Crippen LogP contribution >= 0.6 is 0 Å². The fourth-order valence-corrected chi connectivity index (χ4v) is 2.27. The van der Waals surface area contributed by atoms with Crippen LogP contribution in [0.15, 0.2) is 10.6 Å². The molecule has 1 aliphatic heterocycles. The number of hydrogen-bond acceptors (Lipinski definition) is 4. The minimum Gasteiger partial charge on any atom is -0.446 e. The van der Waals surface area contributed by atoms with E-state index >= 15 is 0 Å². The van der Waals surface area contributed by atoms with Gasteiger partial charge in [0, 0.05) is 25.9 Å². The van der Waals surface area contributed by atoms with E-state index in [1.165, 1.54) is 0 Å². The Bertz CT molecular complexity index is 448. The first-order chi connectivity index (χ1) is 8.85. The number of carbonyl (C=O) groups is 1. The summed E-state index contributed by atoms with van der Waals surface area (Å²) in [5.74, 6) is 1.76. The smallest absolute Gasteiger partial charge is 0.410 e. The van der Waals surface area contributed by atoms with Crippen molar-refractivity contribution >= 4 is 6.09 Å². The number of likely N-dealkylation sites (tertiary alicyclic amines) is 1. The Balaban J connectivity index is 1.99. The predicted molar refractivity (Wildman–Crippen MR) is 71.0 cm³/mol. The van der Waals surface area contributed by atoms with Gasteiger partial charge in [0.15, 0.2) is 5.89 Å². The lowest BCUT2D eigenvalue weighted by Crippen LogP contribution is -2.42. The van der Waals surface area contributed by atoms with Crippen LogP contribution in [0.1, 0.15) is 51.2 Å². The van der Waals surface area contributed by atoms with Crippen LogP contribution in [-0.4, -0.2) is 34.7 Å². The van der Waals surface area contributed by atoms with Crippen LogP contribution in [0.3, 0.4) is 0 Å². The Kier molecular flexibility index (Phi) is 3.83. The molecule has 0 aromatic carbocycles. The van der Waals surface area contributed by atoms with Crippen LogP contribution in [0.2, 0.25) is 0 Å². The fraction of sp³-hybridized carbons (Fsp3) is 0.714. The van der Waals surface area contributed by atoms with E-state index in [-0.39, 0.29) is 12.0 Å². The van der Waals surface area contributed by atoms with Gasteiger partial charge in [0.25, 0.3) is 0 Å². The summed E-state index contributed by atoms with van der Waals surface area (Å²) in [6, 6.07) is 0. The predicted octanol–water partition coefficient (Wildman–Crippen LogP) is 3.10. The zero-order valence-electron chi connectivity index (χ0n) is 12.1. The molecule has 5 nitrogen and oxygen atoms in total. The van der Waals surface area contributed by atoms with E-state index in [9.17, 15) is 4.79 Å². The van der Waals surface area contributed by atoms with Gasteiger partial charge in [-0.25, -0.2) is 9.78 Å². The highest BCUT2D eigenvalue weighted by molar-refractivity contribution is 5.68. The molecule has 1 fully saturated rings. The van der Waals surface area contributed by atoms with Gasteiger partial charge in [-0.1, -0.05) is 0 Å². The Labute approximate surface area is 113 Å². The summed E-state index contributed by atoms with van der Waals surface area (Å²) in [6.45, 7) is 8.87. The van der Waals surface area contributed by atoms with Crippen molar-refractivity contribution in [1.29, 1.82) is 0 Å². The van der Waals surface area contributed by atoms with Crippen LogP contribution < -0.4 is 0 Å². The van der Waals surface area contributed by atoms with E-state index in [2.05, 4.69) is 4.98 Å². The molecule has 0 bridgehead atoms. The van der Waals surface area contributed by atoms with Crippen molar-refractivity contribution in [2.24, 2.45) is 0 Å². The second-order valence-corrected chi connectivity index (χ2v) is 6.05. The van der Waals surface area contributed by atoms with Gasteiger partial charge in [-0.15, -0.1) is 0 Å². The van der Waals surface area contributed by atoms with E-state index < -0.39 is 5.60 Å². The van der Waals surface area contributed by atoms with Gasteiger partial charge < -0.3 is 14.1 Å². The number of rotatable bonds is 1. The summed E-state index contributed by atoms with van der Waals surface area (Å²) in [7, 11) is 0. The van der Waals surface area contributed by atoms with Crippen LogP contribution in [0.25, 0.3) is 0 Å². The Morgan fingerprint density at radius 2 is 2.26 bits per heavy atom. The van der Waals surface area contributed by atoms with Gasteiger partial charge in [-0.05, 0) is 33.6 Å². The minimum absolute atomic E-state index is 0.225. The molecule has 1 atom stereocenters. The molecular formula is C14H22N2O3. The molecule has 1 amide bonds. The molecule has 0 spiro atoms. The third kappa shape index (κ3) is 3.72. The molecule has 1 aromatic heterocycles. The van der Waals surface area contributed by atoms with Gasteiger partial charge in [0.1, 0.15) is 11.4 Å². The maximum absolute atomic E-state index is 12.1. The molecule has 2 heterocycles. The van der Waals surface area contributed by atoms with Gasteiger partial charge in [-0.3, -0.25) is 0 Å². The Hall–Kier alpha value is -1.52. The number of ether oxygens (including phenoxy) is 1. The molecule has 19 heavy (non-hydrogen) atoms. The van der Waals surface area contributed by atoms with E-state index in [4.69, 9.17) is 9.15 Å². The van der Waals surface area contributed by atoms with Crippen LogP contribution in [0.5, 0.6) is 0 Å². The third-order valence-corrected chi connectivity index (χ3v) is 3.11. The van der Waals surface area contributed by atoms with Crippen molar-refractivity contribution in [3.8, 4) is 0 Å². The lowest BCUT2D eigenvalue weighted by molar-refractivity contribution is 0.0192. The number of aromatic nitrogens is 1. The first kappa shape index (κ1) is 13.9. The zero-order valence-corrected chi connectivity index (χ0v) is 12.1. The van der Waals surface area contributed by atoms with Crippen molar-refractivity contribution in [2.75, 3.05) is 13.1 Å². The van der Waals surface area contributed by atoms with Gasteiger partial charge in [0.05, 0.1) is 6.20 Å². The first-order valence-corrected chi connectivity index (χ1v) is 6.75. The van der Waals surface area contributed by atoms with Crippen LogP contribution in [0.4, 0.5) is 4.79 Å². The quantitative estimate of drug-likeness (QED) is 0.783. The number of amides is 1. The van der Waals surface area contributed by atoms with E-state index in [1.807, 2.05) is 27.7 Å². The second-order valence-electron chi connectivity index (χ2n) is 6.05. The largest absolute Gasteiger partial charge is 0.446 e. The maximum atomic E-state index is 12.1. The summed E-state index contributed by atoms with van der Waals surface area (Å²) in [5, 5.41) is 0. The molecule has 2 rings (SSSR count). The van der Waals surface area contributed by atoms with Crippen molar-refractivity contribution in [1.82, 2.24) is 9.88 Å². The fourth-order valence-electron chi connectivity index (χ4n) is 2.27. The molecular weight excluding hydrogens is 244 g/mol. The highest BCUT2D eigenvalue weighted by Crippen LogP contribution is 2.28. The molecule has 1 aliphatic rings. The van der Waals surface area contributed by atoms with Crippen molar-refractivity contribution in [3.05, 3.63) is 17.8 Å². The zero-order chi connectivity index (χ0) is 14.0. The van der Waals surface area contributed by atoms with E-state index in [0.29, 0.717) is 12.4 Å². The molecule has 1 unspecified atom stereocenters. The average Bonchev–Trinajstić information content (AvgIpc) is 2.74. The Morgan fingerprint density at radius 3 is 2.84 bits per heavy atom. The summed E-state index contributed by atoms with van der Waals surface area (Å²) in [6.07, 6.45) is 3.50. The lowest BCUT2D eigenvalue weighted by Gasteiger charge is -2.33. The molecule has 5 heteroatoms. The van der Waals surface area contributed by atoms with Crippen LogP contribution in [-0.2, 0) is 4.74 Å². The molecule has 106 valence electrons. The van der Waals surface area contributed by atoms with E-state index in [0.717, 1.165) is 25.1 Å². The van der Waals surface area contributed by atoms with Gasteiger partial charge in [-0.2, -0.15) is 0 Å². The molecule has 1 aromatic rings. The number of oxazole rings is 1. The summed E-state index contributed by atoms with van der Waals surface area (Å²) in [5.41, 5.74) is -0.452. The van der Waals surface area contributed by atoms with Gasteiger partial charge in [0.2, 0.25) is 0 Å². The van der Waals surface area contributed by atoms with Crippen molar-refractivity contribution in [2.45, 2.75) is 52.1 Å². The van der Waals surface area contributed by atoms with E-state index in [1.54, 1.807) is 11.1 Å². The molecule has 0 saturated carbocycles. The third-order valence-electron chi connectivity index (χ3n) is 3.11. The summed E-state index contributed by atoms with van der Waals surface area (Å²) < 4.78 is 11.0. The first-order valence-electron chi connectivity index (χ1n) is 6.75. The molecule has 1 saturated heterocycles. The standard InChI is InChI=1S/C14H22N2O3/c1-10-15-8-12(18-10)11-6-5-7-16(9-11)13(17)19-14(2,3)4/h8,11H,5-7,9H2,1-4H3. The number of carbonyl (C=O) groups excluding carboxylic acids is 1. The summed E-state index contributed by atoms with van der Waals surface area (Å²) >= 11 is 0. The van der Waals surface area contributed by atoms with Crippen molar-refractivity contribution in [3.63, 3.8) is 0 Å². The molecule has 0 radical (unpaired) electrons. The topological polar surface area (TPSA) is 55.6 Å². The van der Waals surface area contributed by atoms with Gasteiger partial charge >= 0.3 is 6.09 Å². The maximum Gasteiger partial charge on any atom is 0.410 e. The van der Waals surface area contributed by atoms with Crippen molar-refractivity contribution < 1.29 is 13.9 Å². The normalized spacial score (nSPS) is 20.4. The average molecular weight is 266 g/mol. The highest BCUT2D eigenvalue weighted by Gasteiger charge is 2.29. The molecule has 0 aliphatic carbocycles. The molecule has 0 N–H and O–H groups in total. The summed E-state index contributed by atoms with van der Waals surface area (Å²) in [4.78, 5) is 17.9. The second kappa shape index (κ2) is 5.23. The Morgan fingerprint density at radius 1 is 1.53 bits per heavy atom. The highest BCUT2D eigenvalue weighted by atomic mass is 16.6. The number of nitrogens with zero attached hydrogens (tertiary/aromatic N) is 2. The number of aryl methyl sites for hydroxylation is 1. The lowest BCUT2D eigenvalue weighted by atomic mass is 9.96. The number of hydrogen-bond donors (Lipinski definition) is 0. The number of piperidine rings is 1.